The van der Waals surface area contributed by atoms with Crippen LogP contribution in [0.2, 0.25) is 0 Å². The van der Waals surface area contributed by atoms with Crippen molar-refractivity contribution in [3.8, 4) is 0 Å². The molecule has 0 aliphatic rings. The minimum absolute atomic E-state index is 0. The third-order valence-corrected chi connectivity index (χ3v) is 0. The fraction of sp³-hybridized carbons (Fsp3) is 0. The van der Waals surface area contributed by atoms with Crippen molar-refractivity contribution in [1.82, 2.24) is 0 Å². The average Bonchev–Trinajstić information content (AvgIpc) is 0.811. The summed E-state index contributed by atoms with van der Waals surface area (Å²) in [4.78, 5) is 14.3. The van der Waals surface area contributed by atoms with Crippen LogP contribution >= 0.6 is 0 Å². The largest absolute Gasteiger partial charge is 2.00 e. The van der Waals surface area contributed by atoms with Crippen LogP contribution in [0.1, 0.15) is 8.56 Å². The summed E-state index contributed by atoms with van der Waals surface area (Å²) in [7, 11) is -3.13. The molecule has 0 aliphatic carbocycles. The van der Waals surface area contributed by atoms with Crippen LogP contribution < -0.4 is 0 Å². The second-order valence-electron chi connectivity index (χ2n) is 0.283. The van der Waals surface area contributed by atoms with Crippen LogP contribution in [0.5, 0.6) is 0 Å². The van der Waals surface area contributed by atoms with Crippen LogP contribution in [0.3, 0.4) is 0 Å². The first-order chi connectivity index (χ1) is 1.73. The molecule has 0 amide bonds. The summed E-state index contributed by atoms with van der Waals surface area (Å²) in [5.74, 6) is 0. The quantitative estimate of drug-likeness (QED) is 0.397. The Kier molecular flexibility index (Phi) is 51.7. The van der Waals surface area contributed by atoms with Crippen molar-refractivity contribution >= 4 is 78.3 Å². The summed E-state index contributed by atoms with van der Waals surface area (Å²) < 4.78 is 8.74. The van der Waals surface area contributed by atoms with E-state index in [0.29, 0.717) is 0 Å². The summed E-state index contributed by atoms with van der Waals surface area (Å²) >= 11 is 0. The number of rotatable bonds is 0. The molecule has 0 heterocycles. The maximum atomic E-state index is 8.74. The van der Waals surface area contributed by atoms with Crippen LogP contribution in [0.4, 0.5) is 0 Å². The van der Waals surface area contributed by atoms with Gasteiger partial charge in [-0.3, -0.25) is 4.46 Å². The molecule has 7 heavy (non-hydrogen) atoms. The zero-order valence-corrected chi connectivity index (χ0v) is 9.17. The summed E-state index contributed by atoms with van der Waals surface area (Å²) in [6.45, 7) is 0. The van der Waals surface area contributed by atoms with Crippen LogP contribution in [0.15, 0.2) is 0 Å². The van der Waals surface area contributed by atoms with Crippen LogP contribution in [0.25, 0.3) is 0 Å². The van der Waals surface area contributed by atoms with Gasteiger partial charge in [0.15, 0.2) is 0 Å². The Bertz CT molecular complexity index is 46.1. The third kappa shape index (κ3) is 75.5. The minimum Gasteiger partial charge on any atom is -1.00 e. The SMILES string of the molecule is O=[Si](O)O.[H-].[H-].[H-].[H-].[H-].[H-].[Mg+2].[Mg+2].[Mg+2]. The molecule has 0 spiro atoms. The molecule has 0 unspecified atom stereocenters. The van der Waals surface area contributed by atoms with Crippen molar-refractivity contribution in [3.05, 3.63) is 0 Å². The molecular formula is H8Mg3O3Si. The van der Waals surface area contributed by atoms with Gasteiger partial charge in [-0.2, -0.15) is 0 Å². The molecule has 0 radical (unpaired) electrons. The Morgan fingerprint density at radius 3 is 1.14 bits per heavy atom. The molecule has 0 aromatic heterocycles. The predicted octanol–water partition coefficient (Wildman–Crippen LogP) is -2.08. The average molecular weight is 157 g/mol. The van der Waals surface area contributed by atoms with E-state index in [1.54, 1.807) is 0 Å². The Morgan fingerprint density at radius 2 is 1.14 bits per heavy atom. The van der Waals surface area contributed by atoms with E-state index >= 15 is 0 Å². The van der Waals surface area contributed by atoms with Gasteiger partial charge in [-0.05, 0) is 0 Å². The molecule has 7 heteroatoms. The van der Waals surface area contributed by atoms with E-state index in [-0.39, 0.29) is 77.7 Å². The zero-order valence-electron chi connectivity index (χ0n) is 9.92. The van der Waals surface area contributed by atoms with Crippen molar-refractivity contribution in [2.24, 2.45) is 0 Å². The Hall–Kier alpha value is 1.92. The molecule has 2 N–H and O–H groups in total. The molecular weight excluding hydrogens is 149 g/mol. The minimum atomic E-state index is -3.13. The van der Waals surface area contributed by atoms with Gasteiger partial charge >= 0.3 is 78.3 Å². The van der Waals surface area contributed by atoms with E-state index in [2.05, 4.69) is 0 Å². The second kappa shape index (κ2) is 15.7. The Balaban J connectivity index is -0.00000000125. The molecule has 0 rings (SSSR count). The molecule has 36 valence electrons. The summed E-state index contributed by atoms with van der Waals surface area (Å²) in [6.07, 6.45) is 0. The smallest absolute Gasteiger partial charge is 1.00 e. The van der Waals surface area contributed by atoms with E-state index in [9.17, 15) is 0 Å². The summed E-state index contributed by atoms with van der Waals surface area (Å²) in [5.41, 5.74) is 0. The maximum absolute atomic E-state index is 8.74. The van der Waals surface area contributed by atoms with Gasteiger partial charge in [-0.25, -0.2) is 0 Å². The van der Waals surface area contributed by atoms with E-state index in [1.807, 2.05) is 0 Å². The zero-order chi connectivity index (χ0) is 3.58. The van der Waals surface area contributed by atoms with E-state index < -0.39 is 9.17 Å². The first-order valence-electron chi connectivity index (χ1n) is 0.651. The van der Waals surface area contributed by atoms with Gasteiger partial charge in [0.1, 0.15) is 0 Å². The van der Waals surface area contributed by atoms with Gasteiger partial charge < -0.3 is 18.2 Å². The van der Waals surface area contributed by atoms with Gasteiger partial charge in [-0.1, -0.05) is 0 Å². The normalized spacial score (nSPS) is 3.43. The van der Waals surface area contributed by atoms with Gasteiger partial charge in [0.25, 0.3) is 0 Å². The van der Waals surface area contributed by atoms with Crippen molar-refractivity contribution in [2.75, 3.05) is 0 Å². The fourth-order valence-electron chi connectivity index (χ4n) is 0. The first kappa shape index (κ1) is 23.1. The number of hydrogen-bond donors (Lipinski definition) is 2. The van der Waals surface area contributed by atoms with Gasteiger partial charge in [0, 0.05) is 0 Å². The Labute approximate surface area is 100 Å². The molecule has 0 aliphatic heterocycles. The van der Waals surface area contributed by atoms with Crippen molar-refractivity contribution in [3.63, 3.8) is 0 Å². The molecule has 0 aromatic carbocycles. The van der Waals surface area contributed by atoms with Crippen molar-refractivity contribution in [2.45, 2.75) is 0 Å². The number of hydrogen-bond acceptors (Lipinski definition) is 1. The maximum Gasteiger partial charge on any atom is 2.00 e. The van der Waals surface area contributed by atoms with Gasteiger partial charge in [0.2, 0.25) is 0 Å². The second-order valence-corrected chi connectivity index (χ2v) is 0.848. The van der Waals surface area contributed by atoms with Crippen molar-refractivity contribution in [1.29, 1.82) is 0 Å². The molecule has 0 bridgehead atoms. The topological polar surface area (TPSA) is 57.5 Å². The summed E-state index contributed by atoms with van der Waals surface area (Å²) in [5, 5.41) is 0. The molecule has 0 saturated heterocycles. The van der Waals surface area contributed by atoms with Gasteiger partial charge in [-0.15, -0.1) is 0 Å². The predicted molar refractivity (Wildman–Crippen MR) is 34.8 cm³/mol. The standard InChI is InChI=1S/3Mg.H2O3Si.6H/c;;;1-4(2)3;;;;;;/h;;;1-2H;;;;;;/q3*+2;;6*-1. The first-order valence-corrected chi connectivity index (χ1v) is 1.95. The fourth-order valence-corrected chi connectivity index (χ4v) is 0. The molecule has 0 atom stereocenters. The summed E-state index contributed by atoms with van der Waals surface area (Å²) in [6, 6.07) is 0. The molecule has 3 nitrogen and oxygen atoms in total. The van der Waals surface area contributed by atoms with Crippen LogP contribution in [-0.2, 0) is 4.46 Å². The molecule has 0 aromatic rings. The molecule has 0 fully saturated rings. The molecule has 0 saturated carbocycles. The third-order valence-electron chi connectivity index (χ3n) is 0. The van der Waals surface area contributed by atoms with Crippen LogP contribution in [0, 0.1) is 0 Å². The van der Waals surface area contributed by atoms with E-state index in [0.717, 1.165) is 0 Å². The monoisotopic (exact) mass is 156 g/mol. The van der Waals surface area contributed by atoms with E-state index in [1.165, 1.54) is 0 Å². The van der Waals surface area contributed by atoms with Crippen LogP contribution in [-0.4, -0.2) is 87.9 Å². The Morgan fingerprint density at radius 1 is 1.14 bits per heavy atom. The van der Waals surface area contributed by atoms with Gasteiger partial charge in [0.05, 0.1) is 0 Å². The van der Waals surface area contributed by atoms with Crippen molar-refractivity contribution < 1.29 is 22.6 Å². The van der Waals surface area contributed by atoms with E-state index in [4.69, 9.17) is 14.1 Å².